The van der Waals surface area contributed by atoms with E-state index in [-0.39, 0.29) is 18.9 Å². The number of rotatable bonds is 3. The molecule has 24 heavy (non-hydrogen) atoms. The van der Waals surface area contributed by atoms with Crippen LogP contribution in [0.1, 0.15) is 21.6 Å². The Balaban J connectivity index is 2.05. The summed E-state index contributed by atoms with van der Waals surface area (Å²) >= 11 is 6.12. The van der Waals surface area contributed by atoms with E-state index in [0.717, 1.165) is 12.7 Å². The molecule has 0 saturated carbocycles. The van der Waals surface area contributed by atoms with Crippen LogP contribution in [-0.2, 0) is 24.0 Å². The number of halogens is 4. The fourth-order valence-electron chi connectivity index (χ4n) is 2.73. The van der Waals surface area contributed by atoms with Gasteiger partial charge in [-0.2, -0.15) is 18.3 Å². The first-order valence-corrected chi connectivity index (χ1v) is 7.45. The first-order valence-electron chi connectivity index (χ1n) is 7.07. The number of anilines is 1. The number of hydrogen-bond donors (Lipinski definition) is 0. The third-order valence-electron chi connectivity index (χ3n) is 3.78. The van der Waals surface area contributed by atoms with Crippen molar-refractivity contribution in [2.24, 2.45) is 0 Å². The molecule has 0 atom stereocenters. The standard InChI is InChI=1S/C15H13ClF3N3O2/c1-24-14(23)11-12(15(17,18)19)20-22-7-6-21(13(11)22)8-9-4-2-3-5-10(9)16/h2-5H,6-8H2,1H3. The van der Waals surface area contributed by atoms with Gasteiger partial charge in [-0.05, 0) is 11.6 Å². The number of fused-ring (bicyclic) bond motifs is 1. The molecular weight excluding hydrogens is 347 g/mol. The molecular formula is C15H13ClF3N3O2. The van der Waals surface area contributed by atoms with Gasteiger partial charge in [0.1, 0.15) is 11.4 Å². The Morgan fingerprint density at radius 3 is 2.67 bits per heavy atom. The van der Waals surface area contributed by atoms with Crippen molar-refractivity contribution in [1.29, 1.82) is 0 Å². The van der Waals surface area contributed by atoms with Crippen LogP contribution in [0.4, 0.5) is 19.0 Å². The maximum Gasteiger partial charge on any atom is 0.436 e. The highest BCUT2D eigenvalue weighted by Gasteiger charge is 2.44. The molecule has 0 bridgehead atoms. The van der Waals surface area contributed by atoms with Crippen LogP contribution in [0, 0.1) is 0 Å². The molecule has 128 valence electrons. The van der Waals surface area contributed by atoms with Crippen LogP contribution in [0.15, 0.2) is 24.3 Å². The van der Waals surface area contributed by atoms with Crippen LogP contribution >= 0.6 is 11.6 Å². The molecule has 0 fully saturated rings. The summed E-state index contributed by atoms with van der Waals surface area (Å²) in [6, 6.07) is 7.04. The van der Waals surface area contributed by atoms with Crippen molar-refractivity contribution in [2.75, 3.05) is 18.6 Å². The van der Waals surface area contributed by atoms with Gasteiger partial charge in [0.15, 0.2) is 5.69 Å². The third kappa shape index (κ3) is 2.82. The number of carbonyl (C=O) groups is 1. The highest BCUT2D eigenvalue weighted by atomic mass is 35.5. The van der Waals surface area contributed by atoms with Crippen molar-refractivity contribution < 1.29 is 22.7 Å². The molecule has 1 aliphatic rings. The van der Waals surface area contributed by atoms with E-state index in [9.17, 15) is 18.0 Å². The van der Waals surface area contributed by atoms with E-state index in [2.05, 4.69) is 9.84 Å². The molecule has 9 heteroatoms. The Labute approximate surface area is 140 Å². The first-order chi connectivity index (χ1) is 11.3. The first kappa shape index (κ1) is 16.6. The third-order valence-corrected chi connectivity index (χ3v) is 4.15. The van der Waals surface area contributed by atoms with Crippen LogP contribution in [0.3, 0.4) is 0 Å². The highest BCUT2D eigenvalue weighted by molar-refractivity contribution is 6.31. The summed E-state index contributed by atoms with van der Waals surface area (Å²) in [7, 11) is 1.04. The van der Waals surface area contributed by atoms with Crippen molar-refractivity contribution >= 4 is 23.4 Å². The zero-order chi connectivity index (χ0) is 17.5. The molecule has 0 unspecified atom stereocenters. The van der Waals surface area contributed by atoms with Crippen molar-refractivity contribution in [2.45, 2.75) is 19.3 Å². The number of carbonyl (C=O) groups excluding carboxylic acids is 1. The average Bonchev–Trinajstić information content (AvgIpc) is 3.08. The maximum atomic E-state index is 13.2. The van der Waals surface area contributed by atoms with Crippen molar-refractivity contribution in [3.05, 3.63) is 46.1 Å². The number of aromatic nitrogens is 2. The summed E-state index contributed by atoms with van der Waals surface area (Å²) in [4.78, 5) is 13.6. The van der Waals surface area contributed by atoms with E-state index in [1.165, 1.54) is 4.68 Å². The lowest BCUT2D eigenvalue weighted by Crippen LogP contribution is -2.23. The monoisotopic (exact) mass is 359 g/mol. The SMILES string of the molecule is COC(=O)c1c(C(F)(F)F)nn2c1N(Cc1ccccc1Cl)CC2. The zero-order valence-electron chi connectivity index (χ0n) is 12.6. The Hall–Kier alpha value is -2.22. The van der Waals surface area contributed by atoms with Gasteiger partial charge in [0.25, 0.3) is 0 Å². The number of benzene rings is 1. The Kier molecular flexibility index (Phi) is 4.16. The summed E-state index contributed by atoms with van der Waals surface area (Å²) in [5.41, 5.74) is -1.04. The molecule has 0 amide bonds. The minimum Gasteiger partial charge on any atom is -0.465 e. The molecule has 2 heterocycles. The Morgan fingerprint density at radius 2 is 2.04 bits per heavy atom. The second kappa shape index (κ2) is 6.01. The second-order valence-electron chi connectivity index (χ2n) is 5.27. The van der Waals surface area contributed by atoms with Gasteiger partial charge in [-0.15, -0.1) is 0 Å². The lowest BCUT2D eigenvalue weighted by molar-refractivity contribution is -0.142. The van der Waals surface area contributed by atoms with Gasteiger partial charge in [0.05, 0.1) is 13.7 Å². The minimum absolute atomic E-state index is 0.106. The van der Waals surface area contributed by atoms with Crippen LogP contribution in [-0.4, -0.2) is 29.4 Å². The van der Waals surface area contributed by atoms with Crippen LogP contribution in [0.25, 0.3) is 0 Å². The van der Waals surface area contributed by atoms with Crippen molar-refractivity contribution in [3.8, 4) is 0 Å². The predicted octanol–water partition coefficient (Wildman–Crippen LogP) is 3.36. The van der Waals surface area contributed by atoms with Crippen LogP contribution < -0.4 is 4.90 Å². The van der Waals surface area contributed by atoms with Gasteiger partial charge < -0.3 is 9.64 Å². The molecule has 0 saturated heterocycles. The summed E-state index contributed by atoms with van der Waals surface area (Å²) in [6.07, 6.45) is -4.74. The van der Waals surface area contributed by atoms with Gasteiger partial charge in [0.2, 0.25) is 0 Å². The summed E-state index contributed by atoms with van der Waals surface area (Å²) < 4.78 is 45.3. The molecule has 1 aromatic heterocycles. The smallest absolute Gasteiger partial charge is 0.436 e. The summed E-state index contributed by atoms with van der Waals surface area (Å²) in [5, 5.41) is 4.07. The molecule has 1 aliphatic heterocycles. The molecule has 0 N–H and O–H groups in total. The number of methoxy groups -OCH3 is 1. The Morgan fingerprint density at radius 1 is 1.33 bits per heavy atom. The molecule has 0 aliphatic carbocycles. The van der Waals surface area contributed by atoms with Gasteiger partial charge in [-0.25, -0.2) is 9.48 Å². The molecule has 0 spiro atoms. The van der Waals surface area contributed by atoms with E-state index in [1.54, 1.807) is 29.2 Å². The average molecular weight is 360 g/mol. The molecule has 1 aromatic carbocycles. The lowest BCUT2D eigenvalue weighted by atomic mass is 10.2. The quantitative estimate of drug-likeness (QED) is 0.788. The van der Waals surface area contributed by atoms with Gasteiger partial charge >= 0.3 is 12.1 Å². The number of nitrogens with zero attached hydrogens (tertiary/aromatic N) is 3. The lowest BCUT2D eigenvalue weighted by Gasteiger charge is -2.19. The fraction of sp³-hybridized carbons (Fsp3) is 0.333. The number of ether oxygens (including phenoxy) is 1. The van der Waals surface area contributed by atoms with E-state index in [1.807, 2.05) is 0 Å². The van der Waals surface area contributed by atoms with E-state index in [4.69, 9.17) is 11.6 Å². The second-order valence-corrected chi connectivity index (χ2v) is 5.68. The minimum atomic E-state index is -4.74. The maximum absolute atomic E-state index is 13.2. The molecule has 5 nitrogen and oxygen atoms in total. The van der Waals surface area contributed by atoms with E-state index < -0.39 is 23.4 Å². The van der Waals surface area contributed by atoms with Crippen LogP contribution in [0.5, 0.6) is 0 Å². The van der Waals surface area contributed by atoms with E-state index in [0.29, 0.717) is 11.6 Å². The number of hydrogen-bond acceptors (Lipinski definition) is 4. The largest absolute Gasteiger partial charge is 0.465 e. The Bertz CT molecular complexity index is 789. The number of alkyl halides is 3. The zero-order valence-corrected chi connectivity index (χ0v) is 13.4. The molecule has 0 radical (unpaired) electrons. The van der Waals surface area contributed by atoms with Gasteiger partial charge in [0, 0.05) is 18.1 Å². The number of esters is 1. The highest BCUT2D eigenvalue weighted by Crippen LogP contribution is 2.39. The predicted molar refractivity (Wildman–Crippen MR) is 81.1 cm³/mol. The topological polar surface area (TPSA) is 47.4 Å². The van der Waals surface area contributed by atoms with Crippen molar-refractivity contribution in [1.82, 2.24) is 9.78 Å². The normalized spacial score (nSPS) is 14.0. The van der Waals surface area contributed by atoms with Gasteiger partial charge in [-0.1, -0.05) is 29.8 Å². The molecule has 3 rings (SSSR count). The fourth-order valence-corrected chi connectivity index (χ4v) is 2.92. The van der Waals surface area contributed by atoms with Gasteiger partial charge in [-0.3, -0.25) is 0 Å². The molecule has 2 aromatic rings. The van der Waals surface area contributed by atoms with Crippen molar-refractivity contribution in [3.63, 3.8) is 0 Å². The van der Waals surface area contributed by atoms with E-state index >= 15 is 0 Å². The van der Waals surface area contributed by atoms with Crippen LogP contribution in [0.2, 0.25) is 5.02 Å². The summed E-state index contributed by atoms with van der Waals surface area (Å²) in [5.74, 6) is -0.955. The summed E-state index contributed by atoms with van der Waals surface area (Å²) in [6.45, 7) is 0.947.